The van der Waals surface area contributed by atoms with Gasteiger partial charge in [0.25, 0.3) is 0 Å². The number of amidine groups is 1. The van der Waals surface area contributed by atoms with E-state index in [1.165, 1.54) is 0 Å². The summed E-state index contributed by atoms with van der Waals surface area (Å²) in [6.07, 6.45) is -0.0925. The van der Waals surface area contributed by atoms with Gasteiger partial charge in [0.1, 0.15) is 23.4 Å². The van der Waals surface area contributed by atoms with Gasteiger partial charge >= 0.3 is 6.03 Å². The van der Waals surface area contributed by atoms with Crippen LogP contribution in [0.4, 0.5) is 4.79 Å². The maximum atomic E-state index is 14.5. The lowest BCUT2D eigenvalue weighted by molar-refractivity contribution is 0.148. The lowest BCUT2D eigenvalue weighted by Crippen LogP contribution is -2.56. The molecule has 3 aromatic rings. The number of amides is 2. The highest BCUT2D eigenvalue weighted by Gasteiger charge is 2.45. The summed E-state index contributed by atoms with van der Waals surface area (Å²) in [7, 11) is 1.62. The molecule has 2 amide bonds. The average Bonchev–Trinajstić information content (AvgIpc) is 3.33. The minimum atomic E-state index is -0.417. The Balaban J connectivity index is 0.00000387. The van der Waals surface area contributed by atoms with E-state index < -0.39 is 6.04 Å². The number of ether oxygens (including phenoxy) is 2. The van der Waals surface area contributed by atoms with E-state index in [0.717, 1.165) is 23.2 Å². The SMILES string of the molecule is COc1ccc(C2=NC(c3ccc(Cl)cc3)C(c3ccc(Cl)cc3)N2C(=O)N2CCNC(C)C2)c(OC(C)C)c1.Cl. The summed E-state index contributed by atoms with van der Waals surface area (Å²) in [6.45, 7) is 7.95. The lowest BCUT2D eigenvalue weighted by Gasteiger charge is -2.38. The fourth-order valence-corrected chi connectivity index (χ4v) is 5.53. The molecule has 3 aromatic carbocycles. The van der Waals surface area contributed by atoms with Crippen LogP contribution < -0.4 is 14.8 Å². The molecule has 3 unspecified atom stereocenters. The zero-order chi connectivity index (χ0) is 28.4. The van der Waals surface area contributed by atoms with Crippen LogP contribution in [0.1, 0.15) is 49.5 Å². The Morgan fingerprint density at radius 2 is 1.63 bits per heavy atom. The van der Waals surface area contributed by atoms with Crippen LogP contribution in [-0.4, -0.2) is 60.6 Å². The number of benzene rings is 3. The average molecular weight is 618 g/mol. The smallest absolute Gasteiger partial charge is 0.326 e. The molecule has 2 aliphatic heterocycles. The van der Waals surface area contributed by atoms with E-state index in [2.05, 4.69) is 12.2 Å². The molecule has 1 N–H and O–H groups in total. The first kappa shape index (κ1) is 31.0. The summed E-state index contributed by atoms with van der Waals surface area (Å²) < 4.78 is 11.7. The maximum Gasteiger partial charge on any atom is 0.326 e. The molecule has 3 atom stereocenters. The minimum absolute atomic E-state index is 0. The van der Waals surface area contributed by atoms with Crippen molar-refractivity contribution in [2.24, 2.45) is 4.99 Å². The van der Waals surface area contributed by atoms with E-state index in [0.29, 0.717) is 40.5 Å². The number of nitrogens with zero attached hydrogens (tertiary/aromatic N) is 3. The molecule has 10 heteroatoms. The van der Waals surface area contributed by atoms with Crippen molar-refractivity contribution in [2.75, 3.05) is 26.7 Å². The van der Waals surface area contributed by atoms with Crippen molar-refractivity contribution in [2.45, 2.75) is 45.0 Å². The summed E-state index contributed by atoms with van der Waals surface area (Å²) in [5.74, 6) is 1.82. The number of halogens is 3. The molecule has 41 heavy (non-hydrogen) atoms. The van der Waals surface area contributed by atoms with Crippen molar-refractivity contribution >= 4 is 47.5 Å². The van der Waals surface area contributed by atoms with Crippen LogP contribution in [0, 0.1) is 0 Å². The van der Waals surface area contributed by atoms with Gasteiger partial charge in [-0.3, -0.25) is 9.89 Å². The van der Waals surface area contributed by atoms with Crippen LogP contribution in [0.3, 0.4) is 0 Å². The summed E-state index contributed by atoms with van der Waals surface area (Å²) in [5.41, 5.74) is 2.60. The van der Waals surface area contributed by atoms with Crippen molar-refractivity contribution in [3.8, 4) is 11.5 Å². The number of aliphatic imine (C=N–C) groups is 1. The molecule has 0 spiro atoms. The van der Waals surface area contributed by atoms with Crippen molar-refractivity contribution in [1.82, 2.24) is 15.1 Å². The highest BCUT2D eigenvalue weighted by atomic mass is 35.5. The van der Waals surface area contributed by atoms with E-state index in [4.69, 9.17) is 37.7 Å². The number of hydrogen-bond acceptors (Lipinski definition) is 5. The molecular weight excluding hydrogens is 583 g/mol. The van der Waals surface area contributed by atoms with Gasteiger partial charge in [-0.15, -0.1) is 12.4 Å². The van der Waals surface area contributed by atoms with Gasteiger partial charge in [-0.2, -0.15) is 0 Å². The third-order valence-electron chi connectivity index (χ3n) is 7.13. The van der Waals surface area contributed by atoms with Gasteiger partial charge in [0.2, 0.25) is 0 Å². The van der Waals surface area contributed by atoms with Crippen molar-refractivity contribution in [3.05, 3.63) is 93.5 Å². The largest absolute Gasteiger partial charge is 0.497 e. The van der Waals surface area contributed by atoms with Crippen LogP contribution in [0.25, 0.3) is 0 Å². The third kappa shape index (κ3) is 6.75. The second-order valence-electron chi connectivity index (χ2n) is 10.4. The molecule has 0 aliphatic carbocycles. The highest BCUT2D eigenvalue weighted by Crippen LogP contribution is 2.46. The Labute approximate surface area is 257 Å². The van der Waals surface area contributed by atoms with Gasteiger partial charge in [-0.05, 0) is 68.3 Å². The van der Waals surface area contributed by atoms with Gasteiger partial charge in [0.15, 0.2) is 0 Å². The molecule has 0 radical (unpaired) electrons. The Hall–Kier alpha value is -2.97. The first-order valence-corrected chi connectivity index (χ1v) is 14.3. The van der Waals surface area contributed by atoms with Crippen LogP contribution in [0.5, 0.6) is 11.5 Å². The fraction of sp³-hybridized carbons (Fsp3) is 0.355. The zero-order valence-electron chi connectivity index (χ0n) is 23.5. The predicted molar refractivity (Wildman–Crippen MR) is 167 cm³/mol. The van der Waals surface area contributed by atoms with Crippen LogP contribution >= 0.6 is 35.6 Å². The van der Waals surface area contributed by atoms with Crippen molar-refractivity contribution < 1.29 is 14.3 Å². The summed E-state index contributed by atoms with van der Waals surface area (Å²) in [5, 5.41) is 4.69. The van der Waals surface area contributed by atoms with Crippen LogP contribution in [0.2, 0.25) is 10.0 Å². The molecule has 0 bridgehead atoms. The topological polar surface area (TPSA) is 66.4 Å². The minimum Gasteiger partial charge on any atom is -0.497 e. The molecule has 218 valence electrons. The number of rotatable bonds is 6. The van der Waals surface area contributed by atoms with E-state index in [1.807, 2.05) is 90.4 Å². The monoisotopic (exact) mass is 616 g/mol. The number of piperazine rings is 1. The number of methoxy groups -OCH3 is 1. The Bertz CT molecular complexity index is 1380. The van der Waals surface area contributed by atoms with E-state index in [9.17, 15) is 4.79 Å². The molecule has 2 aliphatic rings. The maximum absolute atomic E-state index is 14.5. The normalized spacial score (nSPS) is 20.5. The van der Waals surface area contributed by atoms with E-state index in [-0.39, 0.29) is 36.6 Å². The van der Waals surface area contributed by atoms with E-state index >= 15 is 0 Å². The second-order valence-corrected chi connectivity index (χ2v) is 11.3. The first-order chi connectivity index (χ1) is 19.2. The van der Waals surface area contributed by atoms with Gasteiger partial charge in [-0.1, -0.05) is 47.5 Å². The molecular formula is C31H35Cl3N4O3. The molecule has 5 rings (SSSR count). The fourth-order valence-electron chi connectivity index (χ4n) is 5.28. The van der Waals surface area contributed by atoms with E-state index in [1.54, 1.807) is 7.11 Å². The quantitative estimate of drug-likeness (QED) is 0.319. The van der Waals surface area contributed by atoms with Crippen molar-refractivity contribution in [3.63, 3.8) is 0 Å². The molecule has 2 heterocycles. The summed E-state index contributed by atoms with van der Waals surface area (Å²) >= 11 is 12.5. The lowest BCUT2D eigenvalue weighted by atomic mass is 9.93. The Kier molecular flexibility index (Phi) is 10.1. The third-order valence-corrected chi connectivity index (χ3v) is 7.63. The summed E-state index contributed by atoms with van der Waals surface area (Å²) in [4.78, 5) is 23.5. The highest BCUT2D eigenvalue weighted by molar-refractivity contribution is 6.30. The molecule has 0 saturated carbocycles. The predicted octanol–water partition coefficient (Wildman–Crippen LogP) is 7.17. The number of carbonyl (C=O) groups excluding carboxylic acids is 1. The first-order valence-electron chi connectivity index (χ1n) is 13.5. The number of hydrogen-bond donors (Lipinski definition) is 1. The van der Waals surface area contributed by atoms with Gasteiger partial charge in [0, 0.05) is 41.8 Å². The van der Waals surface area contributed by atoms with Gasteiger partial charge in [0.05, 0.1) is 24.8 Å². The molecule has 7 nitrogen and oxygen atoms in total. The standard InChI is InChI=1S/C31H34Cl2N4O3.ClH/c1-19(2)40-27-17-25(39-4)13-14-26(27)30-35-28(21-5-9-23(32)10-6-21)29(22-7-11-24(33)12-8-22)37(30)31(38)36-16-15-34-20(3)18-36;/h5-14,17,19-20,28-29,34H,15-16,18H2,1-4H3;1H. The number of carbonyl (C=O) groups is 1. The van der Waals surface area contributed by atoms with Crippen LogP contribution in [-0.2, 0) is 0 Å². The molecule has 0 aromatic heterocycles. The van der Waals surface area contributed by atoms with Crippen molar-refractivity contribution in [1.29, 1.82) is 0 Å². The number of nitrogens with one attached hydrogen (secondary N) is 1. The Morgan fingerprint density at radius 3 is 2.22 bits per heavy atom. The number of urea groups is 1. The van der Waals surface area contributed by atoms with Gasteiger partial charge < -0.3 is 19.7 Å². The molecule has 1 saturated heterocycles. The summed E-state index contributed by atoms with van der Waals surface area (Å²) in [6, 6.07) is 20.2. The second kappa shape index (κ2) is 13.3. The Morgan fingerprint density at radius 1 is 1.00 bits per heavy atom. The van der Waals surface area contributed by atoms with Gasteiger partial charge in [-0.25, -0.2) is 4.79 Å². The zero-order valence-corrected chi connectivity index (χ0v) is 25.8. The molecule has 1 fully saturated rings. The van der Waals surface area contributed by atoms with Crippen LogP contribution in [0.15, 0.2) is 71.7 Å².